The Bertz CT molecular complexity index is 671. The molecule has 0 amide bonds. The number of benzene rings is 1. The highest BCUT2D eigenvalue weighted by atomic mass is 16.5. The molecule has 2 aliphatic heterocycles. The largest absolute Gasteiger partial charge is 0.493 e. The van der Waals surface area contributed by atoms with Crippen LogP contribution >= 0.6 is 0 Å². The van der Waals surface area contributed by atoms with Gasteiger partial charge in [0.15, 0.2) is 11.5 Å². The summed E-state index contributed by atoms with van der Waals surface area (Å²) in [4.78, 5) is 2.38. The normalized spacial score (nSPS) is 38.5. The zero-order valence-electron chi connectivity index (χ0n) is 14.2. The number of aryl methyl sites for hydroxylation is 1. The Morgan fingerprint density at radius 3 is 2.83 bits per heavy atom. The van der Waals surface area contributed by atoms with Gasteiger partial charge in [0.1, 0.15) is 12.2 Å². The molecule has 1 N–H and O–H groups in total. The summed E-state index contributed by atoms with van der Waals surface area (Å²) in [7, 11) is 3.85. The number of piperidine rings is 1. The number of fused-ring (bicyclic) bond motifs is 1. The monoisotopic (exact) mass is 315 g/mol. The van der Waals surface area contributed by atoms with Crippen molar-refractivity contribution in [2.75, 3.05) is 27.2 Å². The third-order valence-electron chi connectivity index (χ3n) is 6.07. The second-order valence-corrected chi connectivity index (χ2v) is 7.36. The molecule has 4 nitrogen and oxygen atoms in total. The van der Waals surface area contributed by atoms with Crippen molar-refractivity contribution < 1.29 is 14.6 Å². The number of hydrogen-bond acceptors (Lipinski definition) is 4. The van der Waals surface area contributed by atoms with Gasteiger partial charge in [-0.05, 0) is 31.5 Å². The first-order chi connectivity index (χ1) is 11.0. The molecule has 1 fully saturated rings. The molecule has 2 heterocycles. The van der Waals surface area contributed by atoms with Crippen molar-refractivity contribution in [1.82, 2.24) is 4.90 Å². The van der Waals surface area contributed by atoms with Crippen LogP contribution in [0.1, 0.15) is 18.1 Å². The van der Waals surface area contributed by atoms with Crippen LogP contribution in [-0.2, 0) is 5.41 Å². The lowest BCUT2D eigenvalue weighted by Crippen LogP contribution is -2.62. The molecule has 1 saturated heterocycles. The Hall–Kier alpha value is -1.52. The summed E-state index contributed by atoms with van der Waals surface area (Å²) in [5, 5.41) is 10.7. The van der Waals surface area contributed by atoms with Gasteiger partial charge in [-0.15, -0.1) is 0 Å². The molecule has 124 valence electrons. The van der Waals surface area contributed by atoms with E-state index in [2.05, 4.69) is 37.9 Å². The molecule has 3 aliphatic rings. The van der Waals surface area contributed by atoms with Gasteiger partial charge in [-0.1, -0.05) is 25.1 Å². The molecular formula is C19H25NO3. The van der Waals surface area contributed by atoms with Gasteiger partial charge in [-0.2, -0.15) is 0 Å². The number of rotatable bonds is 1. The van der Waals surface area contributed by atoms with Gasteiger partial charge < -0.3 is 19.5 Å². The van der Waals surface area contributed by atoms with Gasteiger partial charge >= 0.3 is 0 Å². The van der Waals surface area contributed by atoms with E-state index >= 15 is 0 Å². The predicted octanol–water partition coefficient (Wildman–Crippen LogP) is 2.13. The van der Waals surface area contributed by atoms with Crippen LogP contribution in [0.25, 0.3) is 0 Å². The SMILES string of the molecule is COc1ccc(C)c2c1O[C@H]1[C@@H](O)C=CC3CN(C)CC(C)[C@@]231. The smallest absolute Gasteiger partial charge is 0.165 e. The second-order valence-electron chi connectivity index (χ2n) is 7.36. The highest BCUT2D eigenvalue weighted by Crippen LogP contribution is 2.60. The minimum absolute atomic E-state index is 0.172. The Labute approximate surface area is 137 Å². The maximum atomic E-state index is 10.7. The summed E-state index contributed by atoms with van der Waals surface area (Å²) in [6.07, 6.45) is 3.30. The highest BCUT2D eigenvalue weighted by Gasteiger charge is 2.62. The number of aliphatic hydroxyl groups is 1. The quantitative estimate of drug-likeness (QED) is 0.806. The summed E-state index contributed by atoms with van der Waals surface area (Å²) in [6, 6.07) is 4.08. The van der Waals surface area contributed by atoms with Crippen molar-refractivity contribution in [1.29, 1.82) is 0 Å². The molecule has 0 aromatic heterocycles. The standard InChI is InChI=1S/C19H25NO3/c1-11-5-8-15(22-4)17-16(11)19-12(2)9-20(3)10-13(19)6-7-14(21)18(19)23-17/h5-8,12-14,18,21H,9-10H2,1-4H3/t12?,13?,14-,18-,19-/m0/s1. The Kier molecular flexibility index (Phi) is 3.26. The number of methoxy groups -OCH3 is 1. The van der Waals surface area contributed by atoms with E-state index < -0.39 is 6.10 Å². The highest BCUT2D eigenvalue weighted by molar-refractivity contribution is 5.60. The Morgan fingerprint density at radius 1 is 1.30 bits per heavy atom. The van der Waals surface area contributed by atoms with Crippen molar-refractivity contribution in [3.63, 3.8) is 0 Å². The van der Waals surface area contributed by atoms with Crippen LogP contribution in [0.4, 0.5) is 0 Å². The van der Waals surface area contributed by atoms with Crippen LogP contribution in [0, 0.1) is 18.8 Å². The van der Waals surface area contributed by atoms with Crippen molar-refractivity contribution in [2.24, 2.45) is 11.8 Å². The van der Waals surface area contributed by atoms with Gasteiger partial charge in [0.05, 0.1) is 12.5 Å². The van der Waals surface area contributed by atoms with E-state index in [0.717, 1.165) is 24.6 Å². The third kappa shape index (κ3) is 1.79. The van der Waals surface area contributed by atoms with E-state index in [1.54, 1.807) is 7.11 Å². The topological polar surface area (TPSA) is 41.9 Å². The number of ether oxygens (including phenoxy) is 2. The van der Waals surface area contributed by atoms with Crippen LogP contribution in [0.3, 0.4) is 0 Å². The Morgan fingerprint density at radius 2 is 2.09 bits per heavy atom. The molecule has 0 radical (unpaired) electrons. The van der Waals surface area contributed by atoms with Crippen LogP contribution < -0.4 is 9.47 Å². The van der Waals surface area contributed by atoms with Gasteiger partial charge in [0.25, 0.3) is 0 Å². The maximum absolute atomic E-state index is 10.7. The fourth-order valence-corrected chi connectivity index (χ4v) is 5.23. The van der Waals surface area contributed by atoms with E-state index in [1.807, 2.05) is 12.1 Å². The fraction of sp³-hybridized carbons (Fsp3) is 0.579. The van der Waals surface area contributed by atoms with E-state index in [9.17, 15) is 5.11 Å². The van der Waals surface area contributed by atoms with E-state index in [1.165, 1.54) is 11.1 Å². The lowest BCUT2D eigenvalue weighted by Gasteiger charge is -2.53. The van der Waals surface area contributed by atoms with Crippen LogP contribution in [0.2, 0.25) is 0 Å². The van der Waals surface area contributed by atoms with Crippen molar-refractivity contribution >= 4 is 0 Å². The first-order valence-corrected chi connectivity index (χ1v) is 8.39. The molecule has 1 aliphatic carbocycles. The molecule has 4 rings (SSSR count). The lowest BCUT2D eigenvalue weighted by molar-refractivity contribution is -0.0470. The van der Waals surface area contributed by atoms with Crippen LogP contribution in [0.5, 0.6) is 11.5 Å². The molecule has 2 unspecified atom stereocenters. The fourth-order valence-electron chi connectivity index (χ4n) is 5.23. The van der Waals surface area contributed by atoms with E-state index in [-0.39, 0.29) is 11.5 Å². The first kappa shape index (κ1) is 15.0. The lowest BCUT2D eigenvalue weighted by atomic mass is 9.55. The summed E-state index contributed by atoms with van der Waals surface area (Å²) < 4.78 is 11.9. The van der Waals surface area contributed by atoms with Gasteiger partial charge in [0, 0.05) is 24.6 Å². The maximum Gasteiger partial charge on any atom is 0.165 e. The minimum Gasteiger partial charge on any atom is -0.493 e. The minimum atomic E-state index is -0.575. The van der Waals surface area contributed by atoms with Crippen molar-refractivity contribution in [2.45, 2.75) is 31.5 Å². The van der Waals surface area contributed by atoms with Gasteiger partial charge in [-0.25, -0.2) is 0 Å². The number of aliphatic hydroxyl groups excluding tert-OH is 1. The molecular weight excluding hydrogens is 290 g/mol. The van der Waals surface area contributed by atoms with Crippen molar-refractivity contribution in [3.8, 4) is 11.5 Å². The zero-order valence-corrected chi connectivity index (χ0v) is 14.2. The molecule has 0 bridgehead atoms. The van der Waals surface area contributed by atoms with Crippen LogP contribution in [-0.4, -0.2) is 49.5 Å². The van der Waals surface area contributed by atoms with Gasteiger partial charge in [0.2, 0.25) is 0 Å². The predicted molar refractivity (Wildman–Crippen MR) is 89.1 cm³/mol. The summed E-state index contributed by atoms with van der Waals surface area (Å²) in [5.41, 5.74) is 2.30. The molecule has 1 spiro atoms. The molecule has 23 heavy (non-hydrogen) atoms. The molecule has 1 aromatic rings. The summed E-state index contributed by atoms with van der Waals surface area (Å²) in [5.74, 6) is 2.34. The van der Waals surface area contributed by atoms with Gasteiger partial charge in [-0.3, -0.25) is 0 Å². The summed E-state index contributed by atoms with van der Waals surface area (Å²) in [6.45, 7) is 6.43. The molecule has 0 saturated carbocycles. The Balaban J connectivity index is 1.99. The molecule has 1 aromatic carbocycles. The molecule has 4 heteroatoms. The number of likely N-dealkylation sites (tertiary alicyclic amines) is 1. The zero-order chi connectivity index (χ0) is 16.4. The first-order valence-electron chi connectivity index (χ1n) is 8.39. The second kappa shape index (κ2) is 4.99. The number of nitrogens with zero attached hydrogens (tertiary/aromatic N) is 1. The molecule has 5 atom stereocenters. The van der Waals surface area contributed by atoms with Crippen molar-refractivity contribution in [3.05, 3.63) is 35.4 Å². The average Bonchev–Trinajstić information content (AvgIpc) is 2.88. The van der Waals surface area contributed by atoms with E-state index in [4.69, 9.17) is 9.47 Å². The summed E-state index contributed by atoms with van der Waals surface area (Å²) >= 11 is 0. The van der Waals surface area contributed by atoms with E-state index in [0.29, 0.717) is 11.8 Å². The average molecular weight is 315 g/mol. The van der Waals surface area contributed by atoms with Crippen LogP contribution in [0.15, 0.2) is 24.3 Å². The number of hydrogen-bond donors (Lipinski definition) is 1. The third-order valence-corrected chi connectivity index (χ3v) is 6.07.